The molecule has 92 valence electrons. The lowest BCUT2D eigenvalue weighted by atomic mass is 10.2. The van der Waals surface area contributed by atoms with Crippen LogP contribution in [0.15, 0.2) is 0 Å². The molecule has 0 bridgehead atoms. The molecule has 1 heterocycles. The van der Waals surface area contributed by atoms with E-state index in [-0.39, 0.29) is 6.29 Å². The minimum atomic E-state index is 0.0519. The highest BCUT2D eigenvalue weighted by atomic mass is 35.5. The van der Waals surface area contributed by atoms with Crippen LogP contribution in [0, 0.1) is 11.8 Å². The van der Waals surface area contributed by atoms with Gasteiger partial charge in [0.15, 0.2) is 6.29 Å². The van der Waals surface area contributed by atoms with Gasteiger partial charge in [-0.3, -0.25) is 0 Å². The predicted octanol–water partition coefficient (Wildman–Crippen LogP) is 3.33. The van der Waals surface area contributed by atoms with Gasteiger partial charge >= 0.3 is 0 Å². The molecule has 1 aliphatic heterocycles. The van der Waals surface area contributed by atoms with E-state index in [0.717, 1.165) is 45.3 Å². The molecule has 1 unspecified atom stereocenters. The van der Waals surface area contributed by atoms with Crippen molar-refractivity contribution in [2.75, 3.05) is 19.1 Å². The molecule has 0 N–H and O–H groups in total. The van der Waals surface area contributed by atoms with Crippen molar-refractivity contribution >= 4 is 11.6 Å². The molecule has 0 radical (unpaired) electrons. The lowest BCUT2D eigenvalue weighted by Gasteiger charge is -2.22. The molecule has 1 saturated heterocycles. The van der Waals surface area contributed by atoms with Crippen molar-refractivity contribution in [3.8, 4) is 11.8 Å². The summed E-state index contributed by atoms with van der Waals surface area (Å²) in [4.78, 5) is 0. The van der Waals surface area contributed by atoms with E-state index in [9.17, 15) is 0 Å². The molecule has 2 nitrogen and oxygen atoms in total. The lowest BCUT2D eigenvalue weighted by molar-refractivity contribution is -0.162. The highest BCUT2D eigenvalue weighted by Gasteiger charge is 2.12. The molecule has 0 aromatic carbocycles. The molecule has 0 aromatic heterocycles. The maximum Gasteiger partial charge on any atom is 0.157 e. The van der Waals surface area contributed by atoms with E-state index in [1.54, 1.807) is 0 Å². The van der Waals surface area contributed by atoms with Gasteiger partial charge in [0.1, 0.15) is 0 Å². The molecular weight excluding hydrogens is 224 g/mol. The van der Waals surface area contributed by atoms with E-state index in [1.165, 1.54) is 12.8 Å². The topological polar surface area (TPSA) is 18.5 Å². The molecule has 1 atom stereocenters. The summed E-state index contributed by atoms with van der Waals surface area (Å²) in [6.07, 6.45) is 7.42. The second kappa shape index (κ2) is 9.96. The van der Waals surface area contributed by atoms with E-state index in [1.807, 2.05) is 0 Å². The van der Waals surface area contributed by atoms with Crippen LogP contribution in [0.3, 0.4) is 0 Å². The largest absolute Gasteiger partial charge is 0.353 e. The molecule has 0 amide bonds. The average Bonchev–Trinajstić information content (AvgIpc) is 2.34. The molecule has 0 spiro atoms. The van der Waals surface area contributed by atoms with Crippen LogP contribution in [0.2, 0.25) is 0 Å². The van der Waals surface area contributed by atoms with Crippen molar-refractivity contribution in [3.63, 3.8) is 0 Å². The van der Waals surface area contributed by atoms with Gasteiger partial charge in [0.05, 0.1) is 0 Å². The van der Waals surface area contributed by atoms with Gasteiger partial charge in [0.25, 0.3) is 0 Å². The van der Waals surface area contributed by atoms with E-state index >= 15 is 0 Å². The van der Waals surface area contributed by atoms with Crippen molar-refractivity contribution in [3.05, 3.63) is 0 Å². The van der Waals surface area contributed by atoms with E-state index in [0.29, 0.717) is 5.88 Å². The number of unbranched alkanes of at least 4 members (excludes halogenated alkanes) is 2. The summed E-state index contributed by atoms with van der Waals surface area (Å²) < 4.78 is 11.1. The summed E-state index contributed by atoms with van der Waals surface area (Å²) in [6.45, 7) is 1.65. The highest BCUT2D eigenvalue weighted by molar-refractivity contribution is 6.17. The minimum Gasteiger partial charge on any atom is -0.353 e. The molecule has 16 heavy (non-hydrogen) atoms. The predicted molar refractivity (Wildman–Crippen MR) is 66.5 cm³/mol. The first kappa shape index (κ1) is 13.8. The summed E-state index contributed by atoms with van der Waals surface area (Å²) in [5.74, 6) is 6.77. The van der Waals surface area contributed by atoms with Crippen LogP contribution in [0.1, 0.15) is 44.9 Å². The first-order chi connectivity index (χ1) is 7.93. The third-order valence-corrected chi connectivity index (χ3v) is 2.67. The minimum absolute atomic E-state index is 0.0519. The second-order valence-corrected chi connectivity index (χ2v) is 4.29. The van der Waals surface area contributed by atoms with Crippen LogP contribution in [0.5, 0.6) is 0 Å². The summed E-state index contributed by atoms with van der Waals surface area (Å²) in [7, 11) is 0. The van der Waals surface area contributed by atoms with Crippen LogP contribution in [-0.2, 0) is 9.47 Å². The van der Waals surface area contributed by atoms with Crippen molar-refractivity contribution in [2.24, 2.45) is 0 Å². The van der Waals surface area contributed by atoms with E-state index in [2.05, 4.69) is 11.8 Å². The maximum absolute atomic E-state index is 5.62. The van der Waals surface area contributed by atoms with E-state index in [4.69, 9.17) is 21.1 Å². The quantitative estimate of drug-likeness (QED) is 0.405. The summed E-state index contributed by atoms with van der Waals surface area (Å²) in [6, 6.07) is 0. The Kier molecular flexibility index (Phi) is 8.61. The number of rotatable bonds is 6. The Balaban J connectivity index is 1.86. The number of alkyl halides is 1. The smallest absolute Gasteiger partial charge is 0.157 e. The molecule has 1 aliphatic rings. The fourth-order valence-corrected chi connectivity index (χ4v) is 1.69. The van der Waals surface area contributed by atoms with Gasteiger partial charge in [-0.15, -0.1) is 23.4 Å². The lowest BCUT2D eigenvalue weighted by Crippen LogP contribution is -2.22. The van der Waals surface area contributed by atoms with Crippen LogP contribution >= 0.6 is 11.6 Å². The molecular formula is C13H21ClO2. The summed E-state index contributed by atoms with van der Waals surface area (Å²) >= 11 is 5.51. The molecule has 0 aliphatic carbocycles. The third kappa shape index (κ3) is 7.11. The molecule has 1 rings (SSSR count). The van der Waals surface area contributed by atoms with Crippen LogP contribution in [-0.4, -0.2) is 25.4 Å². The second-order valence-electron chi connectivity index (χ2n) is 3.92. The summed E-state index contributed by atoms with van der Waals surface area (Å²) in [5.41, 5.74) is 0. The van der Waals surface area contributed by atoms with Gasteiger partial charge in [-0.2, -0.15) is 0 Å². The molecule has 0 aromatic rings. The van der Waals surface area contributed by atoms with Gasteiger partial charge in [-0.05, 0) is 32.1 Å². The number of ether oxygens (including phenoxy) is 2. The zero-order chi connectivity index (χ0) is 11.5. The maximum atomic E-state index is 5.62. The van der Waals surface area contributed by atoms with Crippen molar-refractivity contribution in [2.45, 2.75) is 51.2 Å². The zero-order valence-electron chi connectivity index (χ0n) is 9.84. The Bertz CT molecular complexity index is 214. The first-order valence-electron chi connectivity index (χ1n) is 6.18. The monoisotopic (exact) mass is 244 g/mol. The number of hydrogen-bond acceptors (Lipinski definition) is 2. The van der Waals surface area contributed by atoms with Crippen LogP contribution in [0.25, 0.3) is 0 Å². The Morgan fingerprint density at radius 2 is 2.06 bits per heavy atom. The highest BCUT2D eigenvalue weighted by Crippen LogP contribution is 2.13. The van der Waals surface area contributed by atoms with Gasteiger partial charge < -0.3 is 9.47 Å². The summed E-state index contributed by atoms with van der Waals surface area (Å²) in [5, 5.41) is 0. The van der Waals surface area contributed by atoms with Crippen LogP contribution in [0.4, 0.5) is 0 Å². The Labute approximate surface area is 104 Å². The molecule has 3 heteroatoms. The van der Waals surface area contributed by atoms with Gasteiger partial charge in [-0.1, -0.05) is 0 Å². The Morgan fingerprint density at radius 3 is 2.81 bits per heavy atom. The van der Waals surface area contributed by atoms with Crippen molar-refractivity contribution < 1.29 is 9.47 Å². The zero-order valence-corrected chi connectivity index (χ0v) is 10.6. The average molecular weight is 245 g/mol. The fourth-order valence-electron chi connectivity index (χ4n) is 1.60. The SMILES string of the molecule is ClCCC#CCCCCOC1CCCCO1. The number of halogens is 1. The van der Waals surface area contributed by atoms with Gasteiger partial charge in [0, 0.05) is 31.9 Å². The molecule has 0 saturated carbocycles. The molecule has 1 fully saturated rings. The Hall–Kier alpha value is -0.230. The van der Waals surface area contributed by atoms with Crippen molar-refractivity contribution in [1.29, 1.82) is 0 Å². The van der Waals surface area contributed by atoms with Gasteiger partial charge in [-0.25, -0.2) is 0 Å². The normalized spacial score (nSPS) is 20.2. The van der Waals surface area contributed by atoms with Crippen LogP contribution < -0.4 is 0 Å². The fraction of sp³-hybridized carbons (Fsp3) is 0.846. The standard InChI is InChI=1S/C13H21ClO2/c14-10-6-3-1-2-4-7-11-15-13-9-5-8-12-16-13/h13H,2,4-12H2. The third-order valence-electron chi connectivity index (χ3n) is 2.48. The Morgan fingerprint density at radius 1 is 1.19 bits per heavy atom. The first-order valence-corrected chi connectivity index (χ1v) is 6.72. The number of hydrogen-bond donors (Lipinski definition) is 0. The van der Waals surface area contributed by atoms with E-state index < -0.39 is 0 Å². The van der Waals surface area contributed by atoms with Crippen molar-refractivity contribution in [1.82, 2.24) is 0 Å². The van der Waals surface area contributed by atoms with Gasteiger partial charge in [0.2, 0.25) is 0 Å².